The highest BCUT2D eigenvalue weighted by Gasteiger charge is 2.14. The van der Waals surface area contributed by atoms with Crippen LogP contribution in [0.1, 0.15) is 18.9 Å². The third kappa shape index (κ3) is 5.50. The first-order valence-electron chi connectivity index (χ1n) is 8.95. The van der Waals surface area contributed by atoms with E-state index < -0.39 is 0 Å². The Labute approximate surface area is 173 Å². The van der Waals surface area contributed by atoms with Crippen LogP contribution in [0.4, 0.5) is 0 Å². The molecule has 2 aromatic carbocycles. The predicted molar refractivity (Wildman–Crippen MR) is 114 cm³/mol. The van der Waals surface area contributed by atoms with Crippen molar-refractivity contribution < 1.29 is 4.79 Å². The summed E-state index contributed by atoms with van der Waals surface area (Å²) < 4.78 is 1.39. The van der Waals surface area contributed by atoms with E-state index in [-0.39, 0.29) is 17.7 Å². The molecule has 0 fully saturated rings. The number of rotatable bonds is 8. The second-order valence-corrected chi connectivity index (χ2v) is 7.84. The second-order valence-electron chi connectivity index (χ2n) is 6.46. The lowest BCUT2D eigenvalue weighted by Crippen LogP contribution is -2.34. The van der Waals surface area contributed by atoms with Crippen molar-refractivity contribution in [3.05, 3.63) is 65.2 Å². The van der Waals surface area contributed by atoms with Gasteiger partial charge in [0.05, 0.1) is 5.75 Å². The Morgan fingerprint density at radius 2 is 1.89 bits per heavy atom. The van der Waals surface area contributed by atoms with Crippen LogP contribution in [0.3, 0.4) is 0 Å². The maximum Gasteiger partial charge on any atom is 0.230 e. The molecule has 3 aromatic rings. The molecule has 0 saturated heterocycles. The van der Waals surface area contributed by atoms with Gasteiger partial charge >= 0.3 is 0 Å². The van der Waals surface area contributed by atoms with Crippen LogP contribution >= 0.6 is 23.4 Å². The molecule has 0 aliphatic heterocycles. The van der Waals surface area contributed by atoms with E-state index in [1.54, 1.807) is 12.1 Å². The summed E-state index contributed by atoms with van der Waals surface area (Å²) >= 11 is 7.16. The normalized spacial score (nSPS) is 11.9. The van der Waals surface area contributed by atoms with Crippen LogP contribution in [0.15, 0.2) is 59.8 Å². The average Bonchev–Trinajstić information content (AvgIpc) is 3.07. The number of nitrogens with zero attached hydrogens (tertiary/aromatic N) is 3. The summed E-state index contributed by atoms with van der Waals surface area (Å²) in [7, 11) is 0. The summed E-state index contributed by atoms with van der Waals surface area (Å²) in [6.45, 7) is 2.01. The molecule has 0 radical (unpaired) electrons. The molecular formula is C20H22ClN5OS. The quantitative estimate of drug-likeness (QED) is 0.434. The molecule has 0 aliphatic carbocycles. The summed E-state index contributed by atoms with van der Waals surface area (Å²) in [5.41, 5.74) is 2.08. The molecule has 3 rings (SSSR count). The van der Waals surface area contributed by atoms with E-state index in [1.165, 1.54) is 22.0 Å². The molecule has 1 aromatic heterocycles. The molecule has 1 atom stereocenters. The molecule has 146 valence electrons. The van der Waals surface area contributed by atoms with E-state index in [4.69, 9.17) is 17.4 Å². The summed E-state index contributed by atoms with van der Waals surface area (Å²) in [6.07, 6.45) is 1.81. The number of nitrogen functional groups attached to an aromatic ring is 1. The minimum atomic E-state index is -0.0541. The number of halogens is 1. The van der Waals surface area contributed by atoms with Crippen LogP contribution in [-0.2, 0) is 11.2 Å². The topological polar surface area (TPSA) is 85.8 Å². The highest BCUT2D eigenvalue weighted by atomic mass is 35.5. The Morgan fingerprint density at radius 1 is 1.18 bits per heavy atom. The average molecular weight is 416 g/mol. The summed E-state index contributed by atoms with van der Waals surface area (Å²) in [6, 6.07) is 17.5. The summed E-state index contributed by atoms with van der Waals surface area (Å²) in [5, 5.41) is 12.3. The van der Waals surface area contributed by atoms with E-state index in [2.05, 4.69) is 27.6 Å². The van der Waals surface area contributed by atoms with Gasteiger partial charge in [-0.1, -0.05) is 53.7 Å². The van der Waals surface area contributed by atoms with Gasteiger partial charge in [-0.2, -0.15) is 0 Å². The van der Waals surface area contributed by atoms with Gasteiger partial charge in [0.1, 0.15) is 0 Å². The molecule has 28 heavy (non-hydrogen) atoms. The Hall–Kier alpha value is -2.51. The molecule has 0 spiro atoms. The third-order valence-electron chi connectivity index (χ3n) is 4.22. The van der Waals surface area contributed by atoms with Crippen LogP contribution in [0.25, 0.3) is 11.4 Å². The zero-order valence-corrected chi connectivity index (χ0v) is 17.1. The molecule has 6 nitrogen and oxygen atoms in total. The Kier molecular flexibility index (Phi) is 6.95. The fraction of sp³-hybridized carbons (Fsp3) is 0.250. The fourth-order valence-corrected chi connectivity index (χ4v) is 3.51. The number of aromatic nitrogens is 3. The molecule has 1 heterocycles. The van der Waals surface area contributed by atoms with Crippen LogP contribution < -0.4 is 11.2 Å². The minimum absolute atomic E-state index is 0.0541. The second kappa shape index (κ2) is 9.61. The van der Waals surface area contributed by atoms with E-state index in [9.17, 15) is 4.79 Å². The Bertz CT molecular complexity index is 914. The minimum Gasteiger partial charge on any atom is -0.353 e. The van der Waals surface area contributed by atoms with Crippen molar-refractivity contribution in [2.75, 3.05) is 11.6 Å². The predicted octanol–water partition coefficient (Wildman–Crippen LogP) is 3.54. The standard InChI is InChI=1S/C20H22ClN5OS/c1-14(7-8-15-5-3-2-4-6-15)23-18(27)13-28-20-25-24-19(26(20)22)16-9-11-17(21)12-10-16/h2-6,9-12,14H,7-8,13,22H2,1H3,(H,23,27). The molecule has 3 N–H and O–H groups in total. The largest absolute Gasteiger partial charge is 0.353 e. The maximum absolute atomic E-state index is 12.2. The lowest BCUT2D eigenvalue weighted by molar-refractivity contribution is -0.119. The van der Waals surface area contributed by atoms with Gasteiger partial charge < -0.3 is 11.2 Å². The van der Waals surface area contributed by atoms with E-state index >= 15 is 0 Å². The molecule has 8 heteroatoms. The van der Waals surface area contributed by atoms with E-state index in [1.807, 2.05) is 37.3 Å². The fourth-order valence-electron chi connectivity index (χ4n) is 2.72. The van der Waals surface area contributed by atoms with Crippen molar-refractivity contribution in [3.63, 3.8) is 0 Å². The van der Waals surface area contributed by atoms with Crippen molar-refractivity contribution in [1.29, 1.82) is 0 Å². The molecule has 0 bridgehead atoms. The number of carbonyl (C=O) groups excluding carboxylic acids is 1. The van der Waals surface area contributed by atoms with Gasteiger partial charge in [0.25, 0.3) is 0 Å². The zero-order chi connectivity index (χ0) is 19.9. The molecular weight excluding hydrogens is 394 g/mol. The first-order valence-corrected chi connectivity index (χ1v) is 10.3. The van der Waals surface area contributed by atoms with Gasteiger partial charge in [0.2, 0.25) is 11.1 Å². The zero-order valence-electron chi connectivity index (χ0n) is 15.5. The van der Waals surface area contributed by atoms with E-state index in [0.717, 1.165) is 18.4 Å². The van der Waals surface area contributed by atoms with E-state index in [0.29, 0.717) is 16.0 Å². The molecule has 1 amide bonds. The molecule has 1 unspecified atom stereocenters. The molecule has 0 aliphatic rings. The van der Waals surface area contributed by atoms with Crippen LogP contribution in [0, 0.1) is 0 Å². The first kappa shape index (κ1) is 20.2. The van der Waals surface area contributed by atoms with Gasteiger partial charge in [-0.05, 0) is 49.6 Å². The number of thioether (sulfide) groups is 1. The highest BCUT2D eigenvalue weighted by molar-refractivity contribution is 7.99. The van der Waals surface area contributed by atoms with Gasteiger partial charge in [0, 0.05) is 16.6 Å². The van der Waals surface area contributed by atoms with Crippen molar-refractivity contribution in [3.8, 4) is 11.4 Å². The van der Waals surface area contributed by atoms with Crippen molar-refractivity contribution >= 4 is 29.3 Å². The Balaban J connectivity index is 1.48. The number of hydrogen-bond acceptors (Lipinski definition) is 5. The number of benzene rings is 2. The SMILES string of the molecule is CC(CCc1ccccc1)NC(=O)CSc1nnc(-c2ccc(Cl)cc2)n1N. The first-order chi connectivity index (χ1) is 13.5. The monoisotopic (exact) mass is 415 g/mol. The van der Waals surface area contributed by atoms with Gasteiger partial charge in [-0.25, -0.2) is 4.68 Å². The summed E-state index contributed by atoms with van der Waals surface area (Å²) in [4.78, 5) is 12.2. The Morgan fingerprint density at radius 3 is 2.61 bits per heavy atom. The van der Waals surface area contributed by atoms with Gasteiger partial charge in [-0.15, -0.1) is 10.2 Å². The van der Waals surface area contributed by atoms with Gasteiger partial charge in [-0.3, -0.25) is 4.79 Å². The van der Waals surface area contributed by atoms with Crippen LogP contribution in [0.5, 0.6) is 0 Å². The maximum atomic E-state index is 12.2. The van der Waals surface area contributed by atoms with Crippen LogP contribution in [-0.4, -0.2) is 32.6 Å². The highest BCUT2D eigenvalue weighted by Crippen LogP contribution is 2.22. The number of carbonyl (C=O) groups is 1. The molecule has 0 saturated carbocycles. The van der Waals surface area contributed by atoms with Crippen LogP contribution in [0.2, 0.25) is 5.02 Å². The van der Waals surface area contributed by atoms with Crippen molar-refractivity contribution in [1.82, 2.24) is 20.2 Å². The lowest BCUT2D eigenvalue weighted by atomic mass is 10.1. The number of nitrogens with two attached hydrogens (primary N) is 1. The van der Waals surface area contributed by atoms with Gasteiger partial charge in [0.15, 0.2) is 5.82 Å². The number of hydrogen-bond donors (Lipinski definition) is 2. The summed E-state index contributed by atoms with van der Waals surface area (Å²) in [5.74, 6) is 6.78. The number of nitrogens with one attached hydrogen (secondary N) is 1. The van der Waals surface area contributed by atoms with Crippen molar-refractivity contribution in [2.24, 2.45) is 0 Å². The lowest BCUT2D eigenvalue weighted by Gasteiger charge is -2.13. The smallest absolute Gasteiger partial charge is 0.230 e. The third-order valence-corrected chi connectivity index (χ3v) is 5.41. The number of aryl methyl sites for hydroxylation is 1. The number of amides is 1. The van der Waals surface area contributed by atoms with Crippen molar-refractivity contribution in [2.45, 2.75) is 31.0 Å².